The Balaban J connectivity index is 1.51. The summed E-state index contributed by atoms with van der Waals surface area (Å²) in [6.45, 7) is 0. The van der Waals surface area contributed by atoms with E-state index in [1.165, 1.54) is 16.3 Å². The fourth-order valence-electron chi connectivity index (χ4n) is 4.92. The average Bonchev–Trinajstić information content (AvgIpc) is 2.94. The number of benzene rings is 6. The Hall–Kier alpha value is -4.38. The lowest BCUT2D eigenvalue weighted by atomic mass is 9.80. The van der Waals surface area contributed by atoms with Gasteiger partial charge in [-0.15, -0.1) is 0 Å². The number of hydrogen-bond donors (Lipinski definition) is 2. The van der Waals surface area contributed by atoms with E-state index < -0.39 is 7.12 Å². The van der Waals surface area contributed by atoms with Crippen molar-refractivity contribution in [3.8, 4) is 11.1 Å². The molecule has 6 rings (SSSR count). The Morgan fingerprint density at radius 1 is 0.500 bits per heavy atom. The van der Waals surface area contributed by atoms with E-state index in [1.807, 2.05) is 30.3 Å². The number of hydrogen-bond acceptors (Lipinski definition) is 3. The molecule has 0 amide bonds. The molecule has 0 heterocycles. The molecule has 6 aromatic rings. The van der Waals surface area contributed by atoms with Gasteiger partial charge in [0.25, 0.3) is 0 Å². The summed E-state index contributed by atoms with van der Waals surface area (Å²) in [6, 6.07) is 45.3. The van der Waals surface area contributed by atoms with Gasteiger partial charge in [0.1, 0.15) is 0 Å². The standard InChI is InChI=1S/C32H24BNO2/c35-33(36)26-12-7-13-28(22-26)34(32-17-6-11-24-9-2-4-15-31(24)32)27-20-18-25(19-21-27)30-16-5-10-23-8-1-3-14-29(23)30/h1-22,35-36H. The highest BCUT2D eigenvalue weighted by Crippen LogP contribution is 2.39. The predicted molar refractivity (Wildman–Crippen MR) is 151 cm³/mol. The van der Waals surface area contributed by atoms with Crippen LogP contribution in [0.15, 0.2) is 133 Å². The molecule has 0 atom stereocenters. The number of anilines is 3. The second-order valence-corrected chi connectivity index (χ2v) is 8.88. The zero-order valence-corrected chi connectivity index (χ0v) is 19.6. The van der Waals surface area contributed by atoms with E-state index >= 15 is 0 Å². The molecule has 4 heteroatoms. The van der Waals surface area contributed by atoms with E-state index in [9.17, 15) is 10.0 Å². The van der Waals surface area contributed by atoms with Crippen molar-refractivity contribution in [2.75, 3.05) is 4.90 Å². The van der Waals surface area contributed by atoms with E-state index in [-0.39, 0.29) is 0 Å². The fraction of sp³-hybridized carbons (Fsp3) is 0. The van der Waals surface area contributed by atoms with Gasteiger partial charge in [-0.25, -0.2) is 0 Å². The smallest absolute Gasteiger partial charge is 0.423 e. The summed E-state index contributed by atoms with van der Waals surface area (Å²) in [6.07, 6.45) is 0. The highest BCUT2D eigenvalue weighted by molar-refractivity contribution is 6.58. The third-order valence-corrected chi connectivity index (χ3v) is 6.66. The highest BCUT2D eigenvalue weighted by Gasteiger charge is 2.18. The molecule has 2 N–H and O–H groups in total. The summed E-state index contributed by atoms with van der Waals surface area (Å²) in [5, 5.41) is 24.4. The number of fused-ring (bicyclic) bond motifs is 2. The maximum absolute atomic E-state index is 9.83. The van der Waals surface area contributed by atoms with Crippen LogP contribution in [0.4, 0.5) is 17.1 Å². The molecule has 6 aromatic carbocycles. The zero-order valence-electron chi connectivity index (χ0n) is 19.6. The van der Waals surface area contributed by atoms with Crippen LogP contribution in [0.1, 0.15) is 0 Å². The molecule has 0 saturated carbocycles. The first-order valence-electron chi connectivity index (χ1n) is 12.0. The lowest BCUT2D eigenvalue weighted by molar-refractivity contribution is 0.426. The lowest BCUT2D eigenvalue weighted by Crippen LogP contribution is -2.30. The predicted octanol–water partition coefficient (Wildman–Crippen LogP) is 6.81. The van der Waals surface area contributed by atoms with Crippen LogP contribution in [0.3, 0.4) is 0 Å². The SMILES string of the molecule is OB(O)c1cccc(N(c2ccc(-c3cccc4ccccc34)cc2)c2cccc3ccccc23)c1. The molecule has 0 aliphatic carbocycles. The minimum absolute atomic E-state index is 0.449. The van der Waals surface area contributed by atoms with E-state index in [2.05, 4.69) is 102 Å². The molecule has 36 heavy (non-hydrogen) atoms. The van der Waals surface area contributed by atoms with Crippen LogP contribution >= 0.6 is 0 Å². The second-order valence-electron chi connectivity index (χ2n) is 8.88. The Morgan fingerprint density at radius 3 is 1.86 bits per heavy atom. The molecule has 0 aromatic heterocycles. The van der Waals surface area contributed by atoms with Crippen molar-refractivity contribution in [1.82, 2.24) is 0 Å². The van der Waals surface area contributed by atoms with Gasteiger partial charge in [-0.2, -0.15) is 0 Å². The van der Waals surface area contributed by atoms with Crippen molar-refractivity contribution in [3.63, 3.8) is 0 Å². The average molecular weight is 465 g/mol. The van der Waals surface area contributed by atoms with Crippen LogP contribution in [0.5, 0.6) is 0 Å². The van der Waals surface area contributed by atoms with Crippen LogP contribution in [-0.4, -0.2) is 17.2 Å². The van der Waals surface area contributed by atoms with Crippen LogP contribution < -0.4 is 10.4 Å². The van der Waals surface area contributed by atoms with Crippen molar-refractivity contribution >= 4 is 51.2 Å². The van der Waals surface area contributed by atoms with Crippen molar-refractivity contribution in [2.24, 2.45) is 0 Å². The molecule has 172 valence electrons. The highest BCUT2D eigenvalue weighted by atomic mass is 16.4. The number of nitrogens with zero attached hydrogens (tertiary/aromatic N) is 1. The minimum Gasteiger partial charge on any atom is -0.423 e. The van der Waals surface area contributed by atoms with Gasteiger partial charge in [0.05, 0.1) is 5.69 Å². The van der Waals surface area contributed by atoms with E-state index in [0.717, 1.165) is 33.4 Å². The van der Waals surface area contributed by atoms with Gasteiger partial charge in [-0.3, -0.25) is 0 Å². The fourth-order valence-corrected chi connectivity index (χ4v) is 4.92. The molecule has 0 bridgehead atoms. The first kappa shape index (κ1) is 22.1. The van der Waals surface area contributed by atoms with Gasteiger partial charge in [0, 0.05) is 16.8 Å². The Bertz CT molecular complexity index is 1670. The van der Waals surface area contributed by atoms with Gasteiger partial charge >= 0.3 is 7.12 Å². The van der Waals surface area contributed by atoms with Crippen molar-refractivity contribution < 1.29 is 10.0 Å². The van der Waals surface area contributed by atoms with E-state index in [1.54, 1.807) is 6.07 Å². The first-order valence-corrected chi connectivity index (χ1v) is 12.0. The Labute approximate surface area is 210 Å². The third-order valence-electron chi connectivity index (χ3n) is 6.66. The third kappa shape index (κ3) is 4.03. The summed E-state index contributed by atoms with van der Waals surface area (Å²) in [5.41, 5.74) is 5.66. The van der Waals surface area contributed by atoms with Gasteiger partial charge < -0.3 is 14.9 Å². The quantitative estimate of drug-likeness (QED) is 0.275. The zero-order chi connectivity index (χ0) is 24.5. The molecule has 0 unspecified atom stereocenters. The van der Waals surface area contributed by atoms with Gasteiger partial charge in [-0.05, 0) is 63.1 Å². The van der Waals surface area contributed by atoms with Crippen molar-refractivity contribution in [1.29, 1.82) is 0 Å². The molecule has 3 nitrogen and oxygen atoms in total. The van der Waals surface area contributed by atoms with Gasteiger partial charge in [0.15, 0.2) is 0 Å². The second kappa shape index (κ2) is 9.35. The van der Waals surface area contributed by atoms with Crippen LogP contribution in [-0.2, 0) is 0 Å². The Morgan fingerprint density at radius 2 is 1.11 bits per heavy atom. The maximum atomic E-state index is 9.83. The molecular weight excluding hydrogens is 441 g/mol. The van der Waals surface area contributed by atoms with Crippen molar-refractivity contribution in [2.45, 2.75) is 0 Å². The molecule has 0 radical (unpaired) electrons. The molecule has 0 spiro atoms. The van der Waals surface area contributed by atoms with Crippen molar-refractivity contribution in [3.05, 3.63) is 133 Å². The monoisotopic (exact) mass is 465 g/mol. The van der Waals surface area contributed by atoms with Gasteiger partial charge in [0.2, 0.25) is 0 Å². The number of rotatable bonds is 5. The molecule has 0 aliphatic heterocycles. The van der Waals surface area contributed by atoms with Crippen LogP contribution in [0.2, 0.25) is 0 Å². The summed E-state index contributed by atoms with van der Waals surface area (Å²) in [5.74, 6) is 0. The van der Waals surface area contributed by atoms with E-state index in [4.69, 9.17) is 0 Å². The van der Waals surface area contributed by atoms with E-state index in [0.29, 0.717) is 5.46 Å². The molecular formula is C32H24BNO2. The lowest BCUT2D eigenvalue weighted by Gasteiger charge is -2.27. The molecule has 0 aliphatic rings. The summed E-state index contributed by atoms with van der Waals surface area (Å²) < 4.78 is 0. The largest absolute Gasteiger partial charge is 0.488 e. The summed E-state index contributed by atoms with van der Waals surface area (Å²) >= 11 is 0. The normalized spacial score (nSPS) is 11.1. The van der Waals surface area contributed by atoms with Crippen LogP contribution in [0.25, 0.3) is 32.7 Å². The molecule has 0 saturated heterocycles. The minimum atomic E-state index is -1.53. The Kier molecular flexibility index (Phi) is 5.74. The molecule has 0 fully saturated rings. The first-order chi connectivity index (χ1) is 17.7. The van der Waals surface area contributed by atoms with Crippen LogP contribution in [0, 0.1) is 0 Å². The van der Waals surface area contributed by atoms with Gasteiger partial charge in [-0.1, -0.05) is 103 Å². The summed E-state index contributed by atoms with van der Waals surface area (Å²) in [7, 11) is -1.53. The topological polar surface area (TPSA) is 43.7 Å². The summed E-state index contributed by atoms with van der Waals surface area (Å²) in [4.78, 5) is 2.17. The maximum Gasteiger partial charge on any atom is 0.488 e.